The zero-order valence-electron chi connectivity index (χ0n) is 16.0. The summed E-state index contributed by atoms with van der Waals surface area (Å²) in [6.45, 7) is 3.47. The van der Waals surface area contributed by atoms with Gasteiger partial charge in [0.15, 0.2) is 0 Å². The summed E-state index contributed by atoms with van der Waals surface area (Å²) in [4.78, 5) is 22.9. The van der Waals surface area contributed by atoms with Crippen molar-refractivity contribution >= 4 is 23.5 Å². The fraction of sp³-hybridized carbons (Fsp3) is 0.174. The molecule has 0 fully saturated rings. The number of ether oxygens (including phenoxy) is 1. The topological polar surface area (TPSA) is 54.8 Å². The molecule has 0 aliphatic carbocycles. The number of carbonyl (C=O) groups is 1. The van der Waals surface area contributed by atoms with E-state index in [9.17, 15) is 4.79 Å². The SMILES string of the molecule is CCO/C(=N\C(=O)c1ccc(Cl)nc1)N1Cc2ccccc2-c2ccccc2C1. The zero-order valence-corrected chi connectivity index (χ0v) is 16.8. The van der Waals surface area contributed by atoms with Crippen LogP contribution in [-0.2, 0) is 17.8 Å². The fourth-order valence-corrected chi connectivity index (χ4v) is 3.53. The van der Waals surface area contributed by atoms with Crippen molar-refractivity contribution in [3.63, 3.8) is 0 Å². The number of aromatic nitrogens is 1. The van der Waals surface area contributed by atoms with Gasteiger partial charge in [0.25, 0.3) is 11.9 Å². The van der Waals surface area contributed by atoms with Gasteiger partial charge in [0.1, 0.15) is 5.15 Å². The van der Waals surface area contributed by atoms with E-state index in [4.69, 9.17) is 16.3 Å². The molecule has 0 N–H and O–H groups in total. The van der Waals surface area contributed by atoms with Crippen LogP contribution >= 0.6 is 11.6 Å². The van der Waals surface area contributed by atoms with Crippen LogP contribution in [0.15, 0.2) is 71.9 Å². The van der Waals surface area contributed by atoms with Gasteiger partial charge in [-0.25, -0.2) is 4.98 Å². The third kappa shape index (κ3) is 4.15. The molecule has 0 atom stereocenters. The number of hydrogen-bond acceptors (Lipinski definition) is 3. The second kappa shape index (κ2) is 8.45. The molecule has 0 radical (unpaired) electrons. The van der Waals surface area contributed by atoms with E-state index in [1.807, 2.05) is 36.1 Å². The maximum absolute atomic E-state index is 12.7. The van der Waals surface area contributed by atoms with E-state index in [2.05, 4.69) is 34.2 Å². The van der Waals surface area contributed by atoms with Crippen LogP contribution in [0, 0.1) is 0 Å². The third-order valence-corrected chi connectivity index (χ3v) is 4.99. The molecule has 6 heteroatoms. The molecule has 0 saturated heterocycles. The lowest BCUT2D eigenvalue weighted by atomic mass is 9.97. The molecule has 0 unspecified atom stereocenters. The molecule has 2 aromatic carbocycles. The Kier molecular flexibility index (Phi) is 5.58. The normalized spacial score (nSPS) is 13.3. The van der Waals surface area contributed by atoms with E-state index < -0.39 is 5.91 Å². The molecule has 1 aliphatic rings. The van der Waals surface area contributed by atoms with Crippen molar-refractivity contribution in [3.05, 3.63) is 88.7 Å². The number of amidine groups is 1. The summed E-state index contributed by atoms with van der Waals surface area (Å²) in [7, 11) is 0. The molecule has 4 rings (SSSR count). The summed E-state index contributed by atoms with van der Waals surface area (Å²) in [6, 6.07) is 20.1. The molecule has 3 aromatic rings. The van der Waals surface area contributed by atoms with Gasteiger partial charge in [0, 0.05) is 19.3 Å². The van der Waals surface area contributed by atoms with Crippen molar-refractivity contribution < 1.29 is 9.53 Å². The van der Waals surface area contributed by atoms with Gasteiger partial charge in [-0.3, -0.25) is 4.79 Å². The van der Waals surface area contributed by atoms with Gasteiger partial charge in [-0.05, 0) is 41.3 Å². The Hall–Kier alpha value is -3.18. The van der Waals surface area contributed by atoms with E-state index in [0.29, 0.717) is 36.4 Å². The standard InChI is InChI=1S/C23H20ClN3O2/c1-2-29-23(26-22(28)16-11-12-21(24)25-13-16)27-14-17-7-3-5-9-19(17)20-10-6-4-8-18(20)15-27/h3-13H,2,14-15H2,1H3/b26-23-. The number of fused-ring (bicyclic) bond motifs is 3. The first-order valence-corrected chi connectivity index (χ1v) is 9.82. The Morgan fingerprint density at radius 3 is 2.21 bits per heavy atom. The number of benzene rings is 2. The van der Waals surface area contributed by atoms with Crippen LogP contribution in [0.1, 0.15) is 28.4 Å². The van der Waals surface area contributed by atoms with E-state index in [0.717, 1.165) is 11.1 Å². The van der Waals surface area contributed by atoms with E-state index in [1.165, 1.54) is 17.3 Å². The summed E-state index contributed by atoms with van der Waals surface area (Å²) < 4.78 is 5.79. The van der Waals surface area contributed by atoms with Crippen molar-refractivity contribution in [2.45, 2.75) is 20.0 Å². The van der Waals surface area contributed by atoms with Gasteiger partial charge in [0.2, 0.25) is 0 Å². The van der Waals surface area contributed by atoms with E-state index in [-0.39, 0.29) is 0 Å². The number of nitrogens with zero attached hydrogens (tertiary/aromatic N) is 3. The maximum atomic E-state index is 12.7. The Bertz CT molecular complexity index is 1020. The first-order valence-electron chi connectivity index (χ1n) is 9.44. The molecule has 1 aromatic heterocycles. The minimum Gasteiger partial charge on any atom is -0.465 e. The quantitative estimate of drug-likeness (QED) is 0.344. The highest BCUT2D eigenvalue weighted by atomic mass is 35.5. The van der Waals surface area contributed by atoms with Crippen LogP contribution in [-0.4, -0.2) is 28.4 Å². The van der Waals surface area contributed by atoms with Crippen LogP contribution in [0.25, 0.3) is 11.1 Å². The number of rotatable bonds is 2. The average Bonchev–Trinajstić information content (AvgIpc) is 2.91. The molecular weight excluding hydrogens is 386 g/mol. The minimum atomic E-state index is -0.413. The highest BCUT2D eigenvalue weighted by Crippen LogP contribution is 2.32. The van der Waals surface area contributed by atoms with Crippen molar-refractivity contribution in [3.8, 4) is 11.1 Å². The van der Waals surface area contributed by atoms with Crippen LogP contribution < -0.4 is 0 Å². The highest BCUT2D eigenvalue weighted by Gasteiger charge is 2.23. The van der Waals surface area contributed by atoms with Gasteiger partial charge in [-0.2, -0.15) is 4.99 Å². The lowest BCUT2D eigenvalue weighted by molar-refractivity contribution is 0.0993. The first kappa shape index (κ1) is 19.2. The van der Waals surface area contributed by atoms with Gasteiger partial charge < -0.3 is 9.64 Å². The fourth-order valence-electron chi connectivity index (χ4n) is 3.42. The zero-order chi connectivity index (χ0) is 20.2. The highest BCUT2D eigenvalue weighted by molar-refractivity contribution is 6.29. The molecule has 0 saturated carbocycles. The minimum absolute atomic E-state index is 0.305. The van der Waals surface area contributed by atoms with E-state index in [1.54, 1.807) is 12.1 Å². The lowest BCUT2D eigenvalue weighted by Crippen LogP contribution is -2.32. The van der Waals surface area contributed by atoms with Crippen LogP contribution in [0.4, 0.5) is 0 Å². The second-order valence-corrected chi connectivity index (χ2v) is 7.06. The van der Waals surface area contributed by atoms with Crippen molar-refractivity contribution in [2.24, 2.45) is 4.99 Å². The number of pyridine rings is 1. The monoisotopic (exact) mass is 405 g/mol. The van der Waals surface area contributed by atoms with Crippen LogP contribution in [0.2, 0.25) is 5.15 Å². The lowest BCUT2D eigenvalue weighted by Gasteiger charge is -2.24. The Morgan fingerprint density at radius 2 is 1.66 bits per heavy atom. The molecule has 5 nitrogen and oxygen atoms in total. The molecule has 29 heavy (non-hydrogen) atoms. The van der Waals surface area contributed by atoms with Gasteiger partial charge in [-0.15, -0.1) is 0 Å². The molecule has 146 valence electrons. The van der Waals surface area contributed by atoms with Crippen LogP contribution in [0.3, 0.4) is 0 Å². The summed E-state index contributed by atoms with van der Waals surface area (Å²) in [5.74, 6) is -0.413. The Labute approximate surface area is 174 Å². The van der Waals surface area contributed by atoms with Gasteiger partial charge >= 0.3 is 0 Å². The van der Waals surface area contributed by atoms with Gasteiger partial charge in [0.05, 0.1) is 12.2 Å². The smallest absolute Gasteiger partial charge is 0.296 e. The molecule has 2 heterocycles. The summed E-state index contributed by atoms with van der Waals surface area (Å²) in [5, 5.41) is 0.330. The number of hydrogen-bond donors (Lipinski definition) is 0. The molecule has 0 spiro atoms. The molecular formula is C23H20ClN3O2. The van der Waals surface area contributed by atoms with Crippen LogP contribution in [0.5, 0.6) is 0 Å². The summed E-state index contributed by atoms with van der Waals surface area (Å²) in [5.41, 5.74) is 5.06. The van der Waals surface area contributed by atoms with Crippen molar-refractivity contribution in [1.82, 2.24) is 9.88 Å². The third-order valence-electron chi connectivity index (χ3n) is 4.76. The summed E-state index contributed by atoms with van der Waals surface area (Å²) in [6.07, 6.45) is 1.42. The molecule has 1 amide bonds. The van der Waals surface area contributed by atoms with Crippen molar-refractivity contribution in [1.29, 1.82) is 0 Å². The first-order chi connectivity index (χ1) is 14.2. The number of amides is 1. The summed E-state index contributed by atoms with van der Waals surface area (Å²) >= 11 is 5.82. The molecule has 1 aliphatic heterocycles. The number of aliphatic imine (C=N–C) groups is 1. The van der Waals surface area contributed by atoms with Gasteiger partial charge in [-0.1, -0.05) is 60.1 Å². The maximum Gasteiger partial charge on any atom is 0.296 e. The Morgan fingerprint density at radius 1 is 1.03 bits per heavy atom. The molecule has 0 bridgehead atoms. The number of halogens is 1. The predicted molar refractivity (Wildman–Crippen MR) is 114 cm³/mol. The average molecular weight is 406 g/mol. The second-order valence-electron chi connectivity index (χ2n) is 6.67. The predicted octanol–water partition coefficient (Wildman–Crippen LogP) is 4.95. The Balaban J connectivity index is 1.73. The van der Waals surface area contributed by atoms with E-state index >= 15 is 0 Å². The number of carbonyl (C=O) groups excluding carboxylic acids is 1. The van der Waals surface area contributed by atoms with Crippen molar-refractivity contribution in [2.75, 3.05) is 6.61 Å². The largest absolute Gasteiger partial charge is 0.465 e.